The molecule has 2 atom stereocenters. The summed E-state index contributed by atoms with van der Waals surface area (Å²) in [5.74, 6) is -0.213. The molecule has 0 radical (unpaired) electrons. The monoisotopic (exact) mass is 253 g/mol. The number of primary amides is 1. The number of piperidine rings is 1. The molecule has 104 valence electrons. The van der Waals surface area contributed by atoms with Crippen molar-refractivity contribution in [1.82, 2.24) is 10.2 Å². The Labute approximate surface area is 110 Å². The van der Waals surface area contributed by atoms with Crippen LogP contribution in [0.15, 0.2) is 0 Å². The van der Waals surface area contributed by atoms with Crippen LogP contribution in [-0.2, 0) is 4.79 Å². The Morgan fingerprint density at radius 2 is 2.11 bits per heavy atom. The second-order valence-corrected chi connectivity index (χ2v) is 6.14. The zero-order chi connectivity index (χ0) is 13.2. The Morgan fingerprint density at radius 3 is 2.67 bits per heavy atom. The highest BCUT2D eigenvalue weighted by molar-refractivity contribution is 5.84. The number of amides is 1. The van der Waals surface area contributed by atoms with Crippen LogP contribution >= 0.6 is 0 Å². The molecule has 1 amide bonds. The highest BCUT2D eigenvalue weighted by Crippen LogP contribution is 2.26. The van der Waals surface area contributed by atoms with Crippen molar-refractivity contribution in [3.63, 3.8) is 0 Å². The smallest absolute Gasteiger partial charge is 0.238 e. The van der Waals surface area contributed by atoms with Crippen LogP contribution in [0.1, 0.15) is 52.4 Å². The Bertz CT molecular complexity index is 303. The number of likely N-dealkylation sites (tertiary alicyclic amines) is 1. The average molecular weight is 253 g/mol. The Morgan fingerprint density at radius 1 is 1.39 bits per heavy atom. The second kappa shape index (κ2) is 5.57. The van der Waals surface area contributed by atoms with Crippen LogP contribution < -0.4 is 11.1 Å². The van der Waals surface area contributed by atoms with Crippen molar-refractivity contribution in [3.05, 3.63) is 0 Å². The Hall–Kier alpha value is -0.610. The fourth-order valence-corrected chi connectivity index (χ4v) is 3.01. The predicted octanol–water partition coefficient (Wildman–Crippen LogP) is 1.25. The van der Waals surface area contributed by atoms with Gasteiger partial charge in [0.1, 0.15) is 5.54 Å². The molecule has 2 unspecified atom stereocenters. The van der Waals surface area contributed by atoms with E-state index in [1.807, 2.05) is 6.92 Å². The molecule has 0 aromatic carbocycles. The van der Waals surface area contributed by atoms with Crippen LogP contribution in [0.4, 0.5) is 0 Å². The minimum absolute atomic E-state index is 0.213. The van der Waals surface area contributed by atoms with E-state index in [1.165, 1.54) is 32.1 Å². The van der Waals surface area contributed by atoms with Gasteiger partial charge in [-0.3, -0.25) is 15.0 Å². The predicted molar refractivity (Wildman–Crippen MR) is 73.3 cm³/mol. The SMILES string of the molecule is CCC1CCCCN1CC(C)(NC1CC1)C(N)=O. The lowest BCUT2D eigenvalue weighted by Crippen LogP contribution is -2.62. The van der Waals surface area contributed by atoms with Gasteiger partial charge in [0.2, 0.25) is 5.91 Å². The van der Waals surface area contributed by atoms with Crippen LogP contribution in [0, 0.1) is 0 Å². The fraction of sp³-hybridized carbons (Fsp3) is 0.929. The molecular formula is C14H27N3O. The van der Waals surface area contributed by atoms with E-state index in [2.05, 4.69) is 17.1 Å². The molecule has 1 aliphatic heterocycles. The molecule has 2 aliphatic rings. The maximum atomic E-state index is 11.8. The molecule has 18 heavy (non-hydrogen) atoms. The zero-order valence-electron chi connectivity index (χ0n) is 11.7. The van der Waals surface area contributed by atoms with Crippen molar-refractivity contribution in [2.75, 3.05) is 13.1 Å². The van der Waals surface area contributed by atoms with Gasteiger partial charge >= 0.3 is 0 Å². The maximum Gasteiger partial charge on any atom is 0.238 e. The lowest BCUT2D eigenvalue weighted by atomic mass is 9.94. The molecule has 0 aromatic rings. The first-order valence-corrected chi connectivity index (χ1v) is 7.37. The van der Waals surface area contributed by atoms with E-state index in [0.717, 1.165) is 19.5 Å². The van der Waals surface area contributed by atoms with Crippen LogP contribution in [0.5, 0.6) is 0 Å². The molecule has 2 rings (SSSR count). The van der Waals surface area contributed by atoms with Gasteiger partial charge < -0.3 is 5.73 Å². The van der Waals surface area contributed by atoms with E-state index in [4.69, 9.17) is 5.73 Å². The quantitative estimate of drug-likeness (QED) is 0.749. The summed E-state index contributed by atoms with van der Waals surface area (Å²) in [6.07, 6.45) is 7.35. The fourth-order valence-electron chi connectivity index (χ4n) is 3.01. The van der Waals surface area contributed by atoms with Crippen LogP contribution in [0.2, 0.25) is 0 Å². The van der Waals surface area contributed by atoms with Crippen molar-refractivity contribution in [2.45, 2.75) is 70.0 Å². The van der Waals surface area contributed by atoms with Gasteiger partial charge in [-0.1, -0.05) is 13.3 Å². The molecule has 1 aliphatic carbocycles. The third-order valence-electron chi connectivity index (χ3n) is 4.38. The summed E-state index contributed by atoms with van der Waals surface area (Å²) in [6.45, 7) is 6.07. The first-order chi connectivity index (χ1) is 8.55. The topological polar surface area (TPSA) is 58.4 Å². The molecule has 1 saturated carbocycles. The van der Waals surface area contributed by atoms with Gasteiger partial charge in [0.15, 0.2) is 0 Å². The Kier molecular flexibility index (Phi) is 4.28. The number of hydrogen-bond donors (Lipinski definition) is 2. The molecule has 0 aromatic heterocycles. The number of carbonyl (C=O) groups excluding carboxylic acids is 1. The van der Waals surface area contributed by atoms with E-state index in [9.17, 15) is 4.79 Å². The number of hydrogen-bond acceptors (Lipinski definition) is 3. The first-order valence-electron chi connectivity index (χ1n) is 7.37. The van der Waals surface area contributed by atoms with Crippen LogP contribution in [0.25, 0.3) is 0 Å². The third-order valence-corrected chi connectivity index (χ3v) is 4.38. The summed E-state index contributed by atoms with van der Waals surface area (Å²) in [6, 6.07) is 1.13. The first kappa shape index (κ1) is 13.8. The number of nitrogens with zero attached hydrogens (tertiary/aromatic N) is 1. The number of nitrogens with two attached hydrogens (primary N) is 1. The summed E-state index contributed by atoms with van der Waals surface area (Å²) in [5, 5.41) is 3.44. The number of rotatable bonds is 6. The largest absolute Gasteiger partial charge is 0.368 e. The minimum atomic E-state index is -0.564. The van der Waals surface area contributed by atoms with Gasteiger partial charge in [0, 0.05) is 18.6 Å². The molecule has 3 N–H and O–H groups in total. The van der Waals surface area contributed by atoms with Gasteiger partial charge in [-0.2, -0.15) is 0 Å². The van der Waals surface area contributed by atoms with E-state index in [1.54, 1.807) is 0 Å². The van der Waals surface area contributed by atoms with Crippen molar-refractivity contribution in [3.8, 4) is 0 Å². The summed E-state index contributed by atoms with van der Waals surface area (Å²) in [5.41, 5.74) is 5.06. The molecule has 1 heterocycles. The van der Waals surface area contributed by atoms with Gasteiger partial charge in [0.05, 0.1) is 0 Å². The number of carbonyl (C=O) groups is 1. The van der Waals surface area contributed by atoms with Gasteiger partial charge in [-0.15, -0.1) is 0 Å². The van der Waals surface area contributed by atoms with E-state index in [0.29, 0.717) is 12.1 Å². The van der Waals surface area contributed by atoms with E-state index >= 15 is 0 Å². The molecule has 1 saturated heterocycles. The summed E-state index contributed by atoms with van der Waals surface area (Å²) in [4.78, 5) is 14.2. The van der Waals surface area contributed by atoms with Gasteiger partial charge in [-0.05, 0) is 45.6 Å². The molecule has 2 fully saturated rings. The molecule has 4 heteroatoms. The lowest BCUT2D eigenvalue weighted by molar-refractivity contribution is -0.125. The summed E-state index contributed by atoms with van der Waals surface area (Å²) >= 11 is 0. The maximum absolute atomic E-state index is 11.8. The number of nitrogens with one attached hydrogen (secondary N) is 1. The highest BCUT2D eigenvalue weighted by atomic mass is 16.1. The highest BCUT2D eigenvalue weighted by Gasteiger charge is 2.39. The molecule has 4 nitrogen and oxygen atoms in total. The molecule has 0 bridgehead atoms. The average Bonchev–Trinajstić information content (AvgIpc) is 3.13. The van der Waals surface area contributed by atoms with Crippen molar-refractivity contribution in [2.24, 2.45) is 5.73 Å². The van der Waals surface area contributed by atoms with Gasteiger partial charge in [0.25, 0.3) is 0 Å². The van der Waals surface area contributed by atoms with E-state index in [-0.39, 0.29) is 5.91 Å². The summed E-state index contributed by atoms with van der Waals surface area (Å²) in [7, 11) is 0. The lowest BCUT2D eigenvalue weighted by Gasteiger charge is -2.41. The standard InChI is InChI=1S/C14H27N3O/c1-3-12-6-4-5-9-17(12)10-14(2,13(15)18)16-11-7-8-11/h11-12,16H,3-10H2,1-2H3,(H2,15,18). The van der Waals surface area contributed by atoms with Crippen LogP contribution in [0.3, 0.4) is 0 Å². The van der Waals surface area contributed by atoms with Crippen molar-refractivity contribution < 1.29 is 4.79 Å². The third kappa shape index (κ3) is 3.23. The van der Waals surface area contributed by atoms with E-state index < -0.39 is 5.54 Å². The van der Waals surface area contributed by atoms with Crippen molar-refractivity contribution in [1.29, 1.82) is 0 Å². The van der Waals surface area contributed by atoms with Crippen LogP contribution in [-0.4, -0.2) is 41.5 Å². The normalized spacial score (nSPS) is 28.9. The summed E-state index contributed by atoms with van der Waals surface area (Å²) < 4.78 is 0. The molecular weight excluding hydrogens is 226 g/mol. The Balaban J connectivity index is 1.99. The molecule has 0 spiro atoms. The van der Waals surface area contributed by atoms with Gasteiger partial charge in [-0.25, -0.2) is 0 Å². The van der Waals surface area contributed by atoms with Crippen molar-refractivity contribution >= 4 is 5.91 Å². The second-order valence-electron chi connectivity index (χ2n) is 6.14. The minimum Gasteiger partial charge on any atom is -0.368 e. The zero-order valence-corrected chi connectivity index (χ0v) is 11.7.